The van der Waals surface area contributed by atoms with Crippen molar-refractivity contribution in [1.29, 1.82) is 0 Å². The van der Waals surface area contributed by atoms with Gasteiger partial charge >= 0.3 is 11.6 Å². The van der Waals surface area contributed by atoms with Crippen LogP contribution in [0.3, 0.4) is 0 Å². The molecule has 0 amide bonds. The van der Waals surface area contributed by atoms with Gasteiger partial charge in [-0.25, -0.2) is 9.78 Å². The number of carbonyl (C=O) groups is 1. The van der Waals surface area contributed by atoms with E-state index in [0.29, 0.717) is 16.1 Å². The summed E-state index contributed by atoms with van der Waals surface area (Å²) >= 11 is 6.23. The monoisotopic (exact) mass is 547 g/mol. The van der Waals surface area contributed by atoms with Crippen LogP contribution in [0.2, 0.25) is 5.02 Å². The molecule has 4 aromatic rings. The summed E-state index contributed by atoms with van der Waals surface area (Å²) in [5.74, 6) is -2.25. The van der Waals surface area contributed by atoms with Crippen molar-refractivity contribution in [3.05, 3.63) is 104 Å². The maximum Gasteiger partial charge on any atom is 0.359 e. The number of fused-ring (bicyclic) bond motifs is 1. The van der Waals surface area contributed by atoms with E-state index in [2.05, 4.69) is 4.98 Å². The number of rotatable bonds is 5. The molecule has 1 aromatic heterocycles. The van der Waals surface area contributed by atoms with Crippen LogP contribution in [0.1, 0.15) is 81.3 Å². The number of phenols is 1. The third-order valence-electron chi connectivity index (χ3n) is 6.94. The molecular formula is C32H34ClNO5. The zero-order valence-corrected chi connectivity index (χ0v) is 24.1. The Kier molecular flexibility index (Phi) is 7.63. The van der Waals surface area contributed by atoms with Crippen LogP contribution in [0, 0.1) is 0 Å². The van der Waals surface area contributed by atoms with Gasteiger partial charge in [0.2, 0.25) is 0 Å². The number of methoxy groups -OCH3 is 1. The number of hydrogen-bond donors (Lipinski definition) is 1. The Labute approximate surface area is 233 Å². The highest BCUT2D eigenvalue weighted by Gasteiger charge is 2.39. The number of benzene rings is 3. The number of nitrogens with zero attached hydrogens (tertiary/aromatic N) is 1. The number of halogens is 1. The molecule has 0 fully saturated rings. The van der Waals surface area contributed by atoms with Crippen molar-refractivity contribution in [3.8, 4) is 5.75 Å². The van der Waals surface area contributed by atoms with E-state index in [1.807, 2.05) is 65.8 Å². The van der Waals surface area contributed by atoms with Gasteiger partial charge in [-0.05, 0) is 57.3 Å². The molecule has 204 valence electrons. The molecule has 0 radical (unpaired) electrons. The molecule has 1 heterocycles. The third kappa shape index (κ3) is 5.71. The molecule has 4 rings (SSSR count). The highest BCUT2D eigenvalue weighted by atomic mass is 35.5. The Morgan fingerprint density at radius 3 is 2.03 bits per heavy atom. The van der Waals surface area contributed by atoms with Gasteiger partial charge in [-0.15, -0.1) is 0 Å². The summed E-state index contributed by atoms with van der Waals surface area (Å²) < 4.78 is 10.9. The first-order chi connectivity index (χ1) is 18.2. The van der Waals surface area contributed by atoms with E-state index in [9.17, 15) is 14.7 Å². The topological polar surface area (TPSA) is 89.6 Å². The zero-order valence-electron chi connectivity index (χ0n) is 23.3. The Morgan fingerprint density at radius 2 is 1.49 bits per heavy atom. The Bertz CT molecular complexity index is 1540. The van der Waals surface area contributed by atoms with Crippen molar-refractivity contribution in [2.75, 3.05) is 7.11 Å². The number of ether oxygens (including phenoxy) is 1. The van der Waals surface area contributed by atoms with Gasteiger partial charge < -0.3 is 14.3 Å². The maximum atomic E-state index is 13.6. The standard InChI is InChI=1S/C32H34ClNO5/c1-31(2,3)21-16-19(17-22(28(21)35)32(4,5)6)25(18-12-14-20(33)15-13-18)26(29(36)38-7)27-30(37)39-24-11-9-8-10-23(24)34-27/h8-17,25-26,35H,1-7H3. The van der Waals surface area contributed by atoms with Crippen LogP contribution in [0.5, 0.6) is 5.75 Å². The molecule has 1 N–H and O–H groups in total. The van der Waals surface area contributed by atoms with Crippen molar-refractivity contribution in [2.45, 2.75) is 64.2 Å². The van der Waals surface area contributed by atoms with Gasteiger partial charge in [0.1, 0.15) is 22.9 Å². The summed E-state index contributed by atoms with van der Waals surface area (Å²) in [6, 6.07) is 17.9. The fourth-order valence-electron chi connectivity index (χ4n) is 4.92. The molecule has 0 aliphatic carbocycles. The first kappa shape index (κ1) is 28.4. The molecule has 2 atom stereocenters. The Hall–Kier alpha value is -3.64. The van der Waals surface area contributed by atoms with Crippen molar-refractivity contribution in [1.82, 2.24) is 4.98 Å². The quantitative estimate of drug-likeness (QED) is 0.265. The molecule has 0 aliphatic rings. The van der Waals surface area contributed by atoms with E-state index < -0.39 is 34.3 Å². The molecule has 6 nitrogen and oxygen atoms in total. The minimum atomic E-state index is -1.14. The van der Waals surface area contributed by atoms with Gasteiger partial charge in [0.25, 0.3) is 0 Å². The summed E-state index contributed by atoms with van der Waals surface area (Å²) in [7, 11) is 1.29. The van der Waals surface area contributed by atoms with E-state index in [1.54, 1.807) is 36.4 Å². The van der Waals surface area contributed by atoms with E-state index >= 15 is 0 Å². The molecule has 0 aliphatic heterocycles. The zero-order chi connectivity index (χ0) is 28.7. The lowest BCUT2D eigenvalue weighted by atomic mass is 9.73. The molecule has 0 saturated heterocycles. The molecule has 0 spiro atoms. The summed E-state index contributed by atoms with van der Waals surface area (Å²) in [6.07, 6.45) is 0. The number of hydrogen-bond acceptors (Lipinski definition) is 6. The number of aromatic nitrogens is 1. The van der Waals surface area contributed by atoms with E-state index in [1.165, 1.54) is 7.11 Å². The molecule has 3 aromatic carbocycles. The largest absolute Gasteiger partial charge is 0.507 e. The lowest BCUT2D eigenvalue weighted by Gasteiger charge is -2.32. The van der Waals surface area contributed by atoms with Crippen LogP contribution >= 0.6 is 11.6 Å². The number of para-hydroxylation sites is 2. The predicted molar refractivity (Wildman–Crippen MR) is 154 cm³/mol. The average Bonchev–Trinajstić information content (AvgIpc) is 2.86. The van der Waals surface area contributed by atoms with Crippen LogP contribution < -0.4 is 5.63 Å². The van der Waals surface area contributed by atoms with Crippen molar-refractivity contribution in [2.24, 2.45) is 0 Å². The lowest BCUT2D eigenvalue weighted by Crippen LogP contribution is -2.29. The van der Waals surface area contributed by atoms with E-state index in [-0.39, 0.29) is 11.4 Å². The SMILES string of the molecule is COC(=O)C(c1nc2ccccc2oc1=O)C(c1ccc(Cl)cc1)c1cc(C(C)(C)C)c(O)c(C(C)(C)C)c1. The van der Waals surface area contributed by atoms with Gasteiger partial charge in [0.15, 0.2) is 5.58 Å². The van der Waals surface area contributed by atoms with Gasteiger partial charge in [-0.3, -0.25) is 4.79 Å². The molecule has 7 heteroatoms. The second-order valence-corrected chi connectivity index (χ2v) is 12.3. The van der Waals surface area contributed by atoms with Crippen molar-refractivity contribution in [3.63, 3.8) is 0 Å². The molecule has 39 heavy (non-hydrogen) atoms. The minimum Gasteiger partial charge on any atom is -0.507 e. The van der Waals surface area contributed by atoms with Crippen LogP contribution in [0.15, 0.2) is 69.9 Å². The summed E-state index contributed by atoms with van der Waals surface area (Å²) in [6.45, 7) is 12.1. The van der Waals surface area contributed by atoms with Gasteiger partial charge in [0.05, 0.1) is 7.11 Å². The second kappa shape index (κ2) is 10.5. The maximum absolute atomic E-state index is 13.6. The predicted octanol–water partition coefficient (Wildman–Crippen LogP) is 7.23. The normalized spacial score (nSPS) is 13.7. The summed E-state index contributed by atoms with van der Waals surface area (Å²) in [4.78, 5) is 31.5. The number of carbonyl (C=O) groups excluding carboxylic acids is 1. The summed E-state index contributed by atoms with van der Waals surface area (Å²) in [5, 5.41) is 11.9. The van der Waals surface area contributed by atoms with Crippen molar-refractivity contribution >= 4 is 28.7 Å². The van der Waals surface area contributed by atoms with Gasteiger partial charge in [-0.1, -0.05) is 89.5 Å². The fourth-order valence-corrected chi connectivity index (χ4v) is 5.05. The third-order valence-corrected chi connectivity index (χ3v) is 7.19. The van der Waals surface area contributed by atoms with Crippen LogP contribution in [-0.2, 0) is 20.4 Å². The molecule has 0 bridgehead atoms. The Morgan fingerprint density at radius 1 is 0.923 bits per heavy atom. The number of esters is 1. The van der Waals surface area contributed by atoms with E-state index in [4.69, 9.17) is 20.8 Å². The number of phenolic OH excluding ortho intramolecular Hbond substituents is 1. The first-order valence-electron chi connectivity index (χ1n) is 12.8. The fraction of sp³-hybridized carbons (Fsp3) is 0.344. The van der Waals surface area contributed by atoms with Crippen LogP contribution in [0.25, 0.3) is 11.1 Å². The smallest absolute Gasteiger partial charge is 0.359 e. The average molecular weight is 548 g/mol. The first-order valence-corrected chi connectivity index (χ1v) is 13.2. The van der Waals surface area contributed by atoms with Gasteiger partial charge in [0, 0.05) is 10.9 Å². The van der Waals surface area contributed by atoms with Gasteiger partial charge in [-0.2, -0.15) is 0 Å². The highest BCUT2D eigenvalue weighted by Crippen LogP contribution is 2.45. The highest BCUT2D eigenvalue weighted by molar-refractivity contribution is 6.30. The minimum absolute atomic E-state index is 0.0526. The Balaban J connectivity index is 2.10. The molecule has 0 saturated carbocycles. The summed E-state index contributed by atoms with van der Waals surface area (Å²) in [5.41, 5.74) is 2.11. The van der Waals surface area contributed by atoms with Crippen LogP contribution in [-0.4, -0.2) is 23.2 Å². The number of aromatic hydroxyl groups is 1. The molecular weight excluding hydrogens is 514 g/mol. The van der Waals surface area contributed by atoms with E-state index in [0.717, 1.165) is 22.3 Å². The van der Waals surface area contributed by atoms with Crippen molar-refractivity contribution < 1.29 is 19.1 Å². The second-order valence-electron chi connectivity index (χ2n) is 11.8. The van der Waals surface area contributed by atoms with Crippen LogP contribution in [0.4, 0.5) is 0 Å². The lowest BCUT2D eigenvalue weighted by molar-refractivity contribution is -0.143. The molecule has 2 unspecified atom stereocenters.